The number of carbonyl (C=O) groups excluding carboxylic acids is 1. The number of aromatic amines is 1. The van der Waals surface area contributed by atoms with Gasteiger partial charge in [-0.2, -0.15) is 0 Å². The van der Waals surface area contributed by atoms with Crippen LogP contribution < -0.4 is 15.5 Å². The Bertz CT molecular complexity index is 494. The SMILES string of the molecule is CC(C)C[C@H](NC(=O)NCc1csc(=O)[nH]1)C(=O)O. The summed E-state index contributed by atoms with van der Waals surface area (Å²) in [6.07, 6.45) is 0.359. The van der Waals surface area contributed by atoms with Gasteiger partial charge in [0.05, 0.1) is 6.54 Å². The number of nitrogens with one attached hydrogen (secondary N) is 3. The largest absolute Gasteiger partial charge is 0.480 e. The summed E-state index contributed by atoms with van der Waals surface area (Å²) < 4.78 is 0. The number of aliphatic carboxylic acids is 1. The van der Waals surface area contributed by atoms with Crippen molar-refractivity contribution in [2.24, 2.45) is 5.92 Å². The minimum atomic E-state index is -1.06. The zero-order chi connectivity index (χ0) is 14.4. The first-order valence-electron chi connectivity index (χ1n) is 5.82. The molecule has 8 heteroatoms. The molecule has 106 valence electrons. The first-order chi connectivity index (χ1) is 8.88. The van der Waals surface area contributed by atoms with E-state index < -0.39 is 18.0 Å². The Balaban J connectivity index is 2.44. The molecular formula is C11H17N3O4S. The van der Waals surface area contributed by atoms with Gasteiger partial charge in [-0.05, 0) is 12.3 Å². The molecule has 1 aromatic rings. The number of aromatic nitrogens is 1. The molecule has 19 heavy (non-hydrogen) atoms. The van der Waals surface area contributed by atoms with Crippen LogP contribution in [0.2, 0.25) is 0 Å². The number of hydrogen-bond donors (Lipinski definition) is 4. The van der Waals surface area contributed by atoms with Gasteiger partial charge in [0.25, 0.3) is 0 Å². The summed E-state index contributed by atoms with van der Waals surface area (Å²) >= 11 is 1.01. The predicted octanol–water partition coefficient (Wildman–Crippen LogP) is 0.735. The van der Waals surface area contributed by atoms with Crippen LogP contribution in [0, 0.1) is 5.92 Å². The summed E-state index contributed by atoms with van der Waals surface area (Å²) in [5, 5.41) is 15.5. The van der Waals surface area contributed by atoms with E-state index in [-0.39, 0.29) is 17.3 Å². The topological polar surface area (TPSA) is 111 Å². The molecule has 2 amide bonds. The molecule has 1 atom stereocenters. The molecule has 4 N–H and O–H groups in total. The van der Waals surface area contributed by atoms with Crippen LogP contribution in [0.1, 0.15) is 26.0 Å². The predicted molar refractivity (Wildman–Crippen MR) is 71.2 cm³/mol. The molecule has 0 saturated heterocycles. The molecule has 1 rings (SSSR count). The molecule has 1 aromatic heterocycles. The number of rotatable bonds is 6. The second-order valence-electron chi connectivity index (χ2n) is 4.52. The highest BCUT2D eigenvalue weighted by molar-refractivity contribution is 7.07. The number of carboxylic acids is 1. The van der Waals surface area contributed by atoms with Crippen molar-refractivity contribution in [1.82, 2.24) is 15.6 Å². The van der Waals surface area contributed by atoms with E-state index in [2.05, 4.69) is 15.6 Å². The van der Waals surface area contributed by atoms with Crippen LogP contribution in [0.25, 0.3) is 0 Å². The Morgan fingerprint density at radius 3 is 2.63 bits per heavy atom. The number of carboxylic acid groups (broad SMARTS) is 1. The number of amides is 2. The number of urea groups is 1. The van der Waals surface area contributed by atoms with E-state index in [9.17, 15) is 14.4 Å². The lowest BCUT2D eigenvalue weighted by molar-refractivity contribution is -0.139. The van der Waals surface area contributed by atoms with Gasteiger partial charge in [0.2, 0.25) is 0 Å². The average Bonchev–Trinajstić information content (AvgIpc) is 2.71. The Kier molecular flexibility index (Phi) is 5.56. The third-order valence-electron chi connectivity index (χ3n) is 2.32. The van der Waals surface area contributed by atoms with E-state index in [0.29, 0.717) is 12.1 Å². The van der Waals surface area contributed by atoms with Gasteiger partial charge in [-0.1, -0.05) is 25.2 Å². The van der Waals surface area contributed by atoms with E-state index in [1.807, 2.05) is 13.8 Å². The lowest BCUT2D eigenvalue weighted by Gasteiger charge is -2.16. The van der Waals surface area contributed by atoms with Crippen LogP contribution in [0.5, 0.6) is 0 Å². The van der Waals surface area contributed by atoms with Crippen LogP contribution in [0.15, 0.2) is 10.2 Å². The van der Waals surface area contributed by atoms with Crippen LogP contribution in [0.3, 0.4) is 0 Å². The fourth-order valence-corrected chi connectivity index (χ4v) is 2.06. The van der Waals surface area contributed by atoms with Gasteiger partial charge in [0.15, 0.2) is 0 Å². The number of H-pyrrole nitrogens is 1. The smallest absolute Gasteiger partial charge is 0.326 e. The Morgan fingerprint density at radius 1 is 1.47 bits per heavy atom. The number of thiazole rings is 1. The van der Waals surface area contributed by atoms with Crippen LogP contribution in [-0.4, -0.2) is 28.1 Å². The molecule has 0 aliphatic rings. The monoisotopic (exact) mass is 287 g/mol. The molecule has 0 aliphatic heterocycles. The third-order valence-corrected chi connectivity index (χ3v) is 3.04. The molecule has 0 bridgehead atoms. The van der Waals surface area contributed by atoms with E-state index >= 15 is 0 Å². The van der Waals surface area contributed by atoms with Crippen molar-refractivity contribution in [3.63, 3.8) is 0 Å². The molecule has 0 unspecified atom stereocenters. The van der Waals surface area contributed by atoms with E-state index in [1.165, 1.54) is 0 Å². The fourth-order valence-electron chi connectivity index (χ4n) is 1.48. The molecule has 0 radical (unpaired) electrons. The highest BCUT2D eigenvalue weighted by Gasteiger charge is 2.20. The zero-order valence-electron chi connectivity index (χ0n) is 10.7. The van der Waals surface area contributed by atoms with Gasteiger partial charge in [-0.25, -0.2) is 9.59 Å². The number of hydrogen-bond acceptors (Lipinski definition) is 4. The third kappa shape index (κ3) is 5.56. The zero-order valence-corrected chi connectivity index (χ0v) is 11.5. The second-order valence-corrected chi connectivity index (χ2v) is 5.36. The van der Waals surface area contributed by atoms with E-state index in [4.69, 9.17) is 5.11 Å². The van der Waals surface area contributed by atoms with Crippen LogP contribution in [0.4, 0.5) is 4.79 Å². The lowest BCUT2D eigenvalue weighted by atomic mass is 10.0. The minimum Gasteiger partial charge on any atom is -0.480 e. The van der Waals surface area contributed by atoms with Crippen molar-refractivity contribution in [3.05, 3.63) is 20.7 Å². The Morgan fingerprint density at radius 2 is 2.16 bits per heavy atom. The van der Waals surface area contributed by atoms with Crippen molar-refractivity contribution in [1.29, 1.82) is 0 Å². The van der Waals surface area contributed by atoms with Gasteiger partial charge in [0, 0.05) is 11.1 Å². The van der Waals surface area contributed by atoms with Gasteiger partial charge in [-0.15, -0.1) is 0 Å². The summed E-state index contributed by atoms with van der Waals surface area (Å²) in [7, 11) is 0. The van der Waals surface area contributed by atoms with Crippen molar-refractivity contribution < 1.29 is 14.7 Å². The first-order valence-corrected chi connectivity index (χ1v) is 6.70. The fraction of sp³-hybridized carbons (Fsp3) is 0.545. The Hall–Kier alpha value is -1.83. The second kappa shape index (κ2) is 6.93. The Labute approximate surface area is 114 Å². The van der Waals surface area contributed by atoms with Crippen molar-refractivity contribution >= 4 is 23.3 Å². The molecule has 1 heterocycles. The van der Waals surface area contributed by atoms with Gasteiger partial charge in [0.1, 0.15) is 6.04 Å². The van der Waals surface area contributed by atoms with Gasteiger partial charge < -0.3 is 20.7 Å². The summed E-state index contributed by atoms with van der Waals surface area (Å²) in [5.41, 5.74) is 0.584. The maximum atomic E-state index is 11.5. The average molecular weight is 287 g/mol. The highest BCUT2D eigenvalue weighted by Crippen LogP contribution is 2.04. The maximum Gasteiger partial charge on any atom is 0.326 e. The molecule has 0 aromatic carbocycles. The van der Waals surface area contributed by atoms with E-state index in [1.54, 1.807) is 5.38 Å². The molecule has 7 nitrogen and oxygen atoms in total. The summed E-state index contributed by atoms with van der Waals surface area (Å²) in [6.45, 7) is 3.91. The van der Waals surface area contributed by atoms with Crippen molar-refractivity contribution in [2.75, 3.05) is 0 Å². The molecule has 0 fully saturated rings. The standard InChI is InChI=1S/C11H17N3O4S/c1-6(2)3-8(9(15)16)14-10(17)12-4-7-5-19-11(18)13-7/h5-6,8H,3-4H2,1-2H3,(H,13,18)(H,15,16)(H2,12,14,17)/t8-/m0/s1. The minimum absolute atomic E-state index is 0.151. The van der Waals surface area contributed by atoms with Gasteiger partial charge >= 0.3 is 16.9 Å². The first kappa shape index (κ1) is 15.2. The molecular weight excluding hydrogens is 270 g/mol. The quantitative estimate of drug-likeness (QED) is 0.618. The van der Waals surface area contributed by atoms with E-state index in [0.717, 1.165) is 11.3 Å². The normalized spacial score (nSPS) is 12.2. The maximum absolute atomic E-state index is 11.5. The van der Waals surface area contributed by atoms with Crippen molar-refractivity contribution in [3.8, 4) is 0 Å². The highest BCUT2D eigenvalue weighted by atomic mass is 32.1. The molecule has 0 spiro atoms. The summed E-state index contributed by atoms with van der Waals surface area (Å²) in [5.74, 6) is -0.901. The lowest BCUT2D eigenvalue weighted by Crippen LogP contribution is -2.46. The molecule has 0 aliphatic carbocycles. The van der Waals surface area contributed by atoms with Gasteiger partial charge in [-0.3, -0.25) is 4.79 Å². The number of carbonyl (C=O) groups is 2. The van der Waals surface area contributed by atoms with Crippen molar-refractivity contribution in [2.45, 2.75) is 32.9 Å². The van der Waals surface area contributed by atoms with Crippen LogP contribution in [-0.2, 0) is 11.3 Å². The van der Waals surface area contributed by atoms with Crippen LogP contribution >= 0.6 is 11.3 Å². The molecule has 0 saturated carbocycles. The summed E-state index contributed by atoms with van der Waals surface area (Å²) in [4.78, 5) is 35.7. The summed E-state index contributed by atoms with van der Waals surface area (Å²) in [6, 6.07) is -1.48.